The minimum Gasteiger partial charge on any atom is -0.480 e. The molecule has 0 bridgehead atoms. The van der Waals surface area contributed by atoms with Gasteiger partial charge in [0.05, 0.1) is 92.3 Å². The molecule has 3 amide bonds. The predicted octanol–water partition coefficient (Wildman–Crippen LogP) is 1.99. The number of carbonyl (C=O) groups excluding carboxylic acids is 4. The Labute approximate surface area is 481 Å². The van der Waals surface area contributed by atoms with Gasteiger partial charge in [-0.2, -0.15) is 0 Å². The molecule has 1 saturated heterocycles. The normalized spacial score (nSPS) is 15.7. The number of alkyl carbamates (subject to hydrolysis) is 1. The maximum atomic E-state index is 14.0. The molecule has 2 unspecified atom stereocenters. The summed E-state index contributed by atoms with van der Waals surface area (Å²) in [6.45, 7) is 10.5. The zero-order chi connectivity index (χ0) is 59.5. The number of methoxy groups -OCH3 is 1. The van der Waals surface area contributed by atoms with Crippen LogP contribution >= 0.6 is 0 Å². The van der Waals surface area contributed by atoms with Crippen molar-refractivity contribution in [3.63, 3.8) is 0 Å². The molecule has 82 heavy (non-hydrogen) atoms. The van der Waals surface area contributed by atoms with Crippen molar-refractivity contribution in [1.29, 1.82) is 0 Å². The van der Waals surface area contributed by atoms with Crippen molar-refractivity contribution in [3.05, 3.63) is 59.7 Å². The van der Waals surface area contributed by atoms with Gasteiger partial charge < -0.3 is 69.2 Å². The zero-order valence-corrected chi connectivity index (χ0v) is 48.3. The lowest BCUT2D eigenvalue weighted by Gasteiger charge is -2.36. The average Bonchev–Trinajstić information content (AvgIpc) is 3.93. The lowest BCUT2D eigenvalue weighted by Crippen LogP contribution is -2.52. The van der Waals surface area contributed by atoms with Gasteiger partial charge in [-0.3, -0.25) is 48.4 Å². The third kappa shape index (κ3) is 27.9. The van der Waals surface area contributed by atoms with E-state index in [2.05, 4.69) is 16.0 Å². The molecule has 25 heteroatoms. The maximum Gasteiger partial charge on any atom is 0.407 e. The first-order valence-corrected chi connectivity index (χ1v) is 28.3. The summed E-state index contributed by atoms with van der Waals surface area (Å²) in [7, 11) is 1.62. The molecule has 2 aromatic rings. The first-order valence-electron chi connectivity index (χ1n) is 28.3. The molecule has 2 atom stereocenters. The molecule has 0 radical (unpaired) electrons. The van der Waals surface area contributed by atoms with Gasteiger partial charge in [0.2, 0.25) is 11.8 Å². The summed E-state index contributed by atoms with van der Waals surface area (Å²) in [5.41, 5.74) is 3.34. The number of nitrogens with one attached hydrogen (secondary N) is 3. The van der Waals surface area contributed by atoms with Crippen LogP contribution in [0.1, 0.15) is 69.9 Å². The second-order valence-electron chi connectivity index (χ2n) is 20.8. The minimum atomic E-state index is -1.09. The van der Waals surface area contributed by atoms with Crippen LogP contribution in [0.25, 0.3) is 11.1 Å². The molecule has 4 rings (SSSR count). The van der Waals surface area contributed by atoms with Crippen molar-refractivity contribution in [2.75, 3.05) is 171 Å². The van der Waals surface area contributed by atoms with E-state index in [-0.39, 0.29) is 136 Å². The molecule has 0 aromatic heterocycles. The van der Waals surface area contributed by atoms with Gasteiger partial charge in [-0.25, -0.2) is 4.79 Å². The summed E-state index contributed by atoms with van der Waals surface area (Å²) in [4.78, 5) is 96.7. The largest absolute Gasteiger partial charge is 0.480 e. The lowest BCUT2D eigenvalue weighted by atomic mass is 9.98. The molecule has 6 N–H and O–H groups in total. The van der Waals surface area contributed by atoms with Crippen LogP contribution in [-0.4, -0.2) is 266 Å². The van der Waals surface area contributed by atoms with Crippen LogP contribution in [0, 0.1) is 0 Å². The summed E-state index contributed by atoms with van der Waals surface area (Å²) >= 11 is 0. The molecule has 1 aliphatic heterocycles. The number of nitrogens with zero attached hydrogens (tertiary/aromatic N) is 4. The SMILES string of the molecule is COCCOCCOCCOCCOCCOCCNC(=O)C(CCCCNC(=O)CCC(C(=O)OC(C)(C)C)N1CCN(CC(=O)O)CCN(CC(=O)O)CCN(CC(=O)O)CC1)NC(=O)OCC1c2ccccc2-c2ccccc21. The molecule has 25 nitrogen and oxygen atoms in total. The molecule has 0 saturated carbocycles. The Balaban J connectivity index is 1.30. The van der Waals surface area contributed by atoms with Gasteiger partial charge in [0.1, 0.15) is 24.3 Å². The number of benzene rings is 2. The molecular formula is C57H89N7O18. The highest BCUT2D eigenvalue weighted by molar-refractivity contribution is 5.86. The Morgan fingerprint density at radius 3 is 1.49 bits per heavy atom. The van der Waals surface area contributed by atoms with Gasteiger partial charge >= 0.3 is 30.0 Å². The summed E-state index contributed by atoms with van der Waals surface area (Å²) in [5.74, 6) is -4.84. The van der Waals surface area contributed by atoms with Crippen molar-refractivity contribution in [2.45, 2.75) is 76.5 Å². The van der Waals surface area contributed by atoms with Gasteiger partial charge in [-0.1, -0.05) is 48.5 Å². The Kier molecular flexibility index (Phi) is 32.5. The molecule has 460 valence electrons. The van der Waals surface area contributed by atoms with Crippen molar-refractivity contribution in [1.82, 2.24) is 35.6 Å². The average molecular weight is 1160 g/mol. The van der Waals surface area contributed by atoms with E-state index in [0.29, 0.717) is 72.3 Å². The van der Waals surface area contributed by atoms with Crippen LogP contribution in [0.15, 0.2) is 48.5 Å². The summed E-state index contributed by atoms with van der Waals surface area (Å²) < 4.78 is 44.1. The number of carboxylic acids is 3. The predicted molar refractivity (Wildman–Crippen MR) is 301 cm³/mol. The number of ether oxygens (including phenoxy) is 8. The molecule has 0 spiro atoms. The Morgan fingerprint density at radius 1 is 0.573 bits per heavy atom. The number of aliphatic carboxylic acids is 3. The number of hydrogen-bond donors (Lipinski definition) is 6. The van der Waals surface area contributed by atoms with Crippen LogP contribution in [0.5, 0.6) is 0 Å². The Morgan fingerprint density at radius 2 is 1.02 bits per heavy atom. The fourth-order valence-electron chi connectivity index (χ4n) is 9.33. The topological polar surface area (TPSA) is 303 Å². The third-order valence-corrected chi connectivity index (χ3v) is 13.4. The highest BCUT2D eigenvalue weighted by Gasteiger charge is 2.33. The fourth-order valence-corrected chi connectivity index (χ4v) is 9.33. The van der Waals surface area contributed by atoms with Crippen molar-refractivity contribution >= 4 is 41.8 Å². The van der Waals surface area contributed by atoms with E-state index < -0.39 is 53.6 Å². The lowest BCUT2D eigenvalue weighted by molar-refractivity contribution is -0.162. The van der Waals surface area contributed by atoms with Crippen LogP contribution in [0.3, 0.4) is 0 Å². The van der Waals surface area contributed by atoms with Crippen LogP contribution in [-0.2, 0) is 66.7 Å². The van der Waals surface area contributed by atoms with Crippen LogP contribution in [0.2, 0.25) is 0 Å². The quantitative estimate of drug-likeness (QED) is 0.0414. The highest BCUT2D eigenvalue weighted by atomic mass is 16.6. The molecule has 1 aliphatic carbocycles. The third-order valence-electron chi connectivity index (χ3n) is 13.4. The Bertz CT molecular complexity index is 2180. The number of hydrogen-bond acceptors (Lipinski definition) is 19. The van der Waals surface area contributed by atoms with Gasteiger partial charge in [-0.05, 0) is 68.7 Å². The zero-order valence-electron chi connectivity index (χ0n) is 48.3. The van der Waals surface area contributed by atoms with E-state index >= 15 is 0 Å². The number of unbranched alkanes of at least 4 members (excludes halogenated alkanes) is 1. The monoisotopic (exact) mass is 1160 g/mol. The van der Waals surface area contributed by atoms with E-state index in [1.54, 1.807) is 47.5 Å². The molecule has 1 fully saturated rings. The number of carboxylic acid groups (broad SMARTS) is 3. The first kappa shape index (κ1) is 68.6. The highest BCUT2D eigenvalue weighted by Crippen LogP contribution is 2.44. The Hall–Kier alpha value is -5.87. The van der Waals surface area contributed by atoms with Gasteiger partial charge in [0, 0.05) is 84.9 Å². The number of esters is 1. The number of rotatable bonds is 38. The summed E-state index contributed by atoms with van der Waals surface area (Å²) in [6, 6.07) is 14.0. The van der Waals surface area contributed by atoms with E-state index in [4.69, 9.17) is 37.9 Å². The second kappa shape index (κ2) is 38.8. The van der Waals surface area contributed by atoms with Crippen LogP contribution < -0.4 is 16.0 Å². The number of fused-ring (bicyclic) bond motifs is 3. The molecular weight excluding hydrogens is 1070 g/mol. The standard InChI is InChI=1S/C57H89N7O18/c1-57(2,3)82-55(73)49(64-26-24-62(40-52(68)69)22-20-61(39-51(66)67)21-23-63(25-27-64)41-53(70)71)16-17-50(65)58-18-10-9-15-48(60-56(74)81-42-47-45-13-7-5-11-43(45)44-12-6-8-14-46(44)47)54(72)59-19-28-76-31-32-78-35-36-80-38-37-79-34-33-77-30-29-75-4/h5-8,11-14,47-49H,9-10,15-42H2,1-4H3,(H,58,65)(H,59,72)(H,60,74)(H,66,67)(H,68,69)(H,70,71). The van der Waals surface area contributed by atoms with E-state index in [9.17, 15) is 48.9 Å². The summed E-state index contributed by atoms with van der Waals surface area (Å²) in [5, 5.41) is 37.5. The van der Waals surface area contributed by atoms with Crippen LogP contribution in [0.4, 0.5) is 4.79 Å². The smallest absolute Gasteiger partial charge is 0.407 e. The minimum absolute atomic E-state index is 0.0211. The second-order valence-corrected chi connectivity index (χ2v) is 20.8. The van der Waals surface area contributed by atoms with Crippen molar-refractivity contribution in [2.24, 2.45) is 0 Å². The molecule has 2 aromatic carbocycles. The van der Waals surface area contributed by atoms with E-state index in [1.165, 1.54) is 0 Å². The number of carbonyl (C=O) groups is 7. The van der Waals surface area contributed by atoms with Gasteiger partial charge in [0.15, 0.2) is 0 Å². The maximum absolute atomic E-state index is 14.0. The van der Waals surface area contributed by atoms with E-state index in [1.807, 2.05) is 48.5 Å². The fraction of sp³-hybridized carbons (Fsp3) is 0.667. The van der Waals surface area contributed by atoms with E-state index in [0.717, 1.165) is 22.3 Å². The van der Waals surface area contributed by atoms with Crippen molar-refractivity contribution < 1.29 is 86.8 Å². The van der Waals surface area contributed by atoms with Crippen molar-refractivity contribution in [3.8, 4) is 11.1 Å². The van der Waals surface area contributed by atoms with Gasteiger partial charge in [-0.15, -0.1) is 0 Å². The van der Waals surface area contributed by atoms with Gasteiger partial charge in [0.25, 0.3) is 0 Å². The number of amides is 3. The molecule has 2 aliphatic rings. The first-order chi connectivity index (χ1) is 39.4. The summed E-state index contributed by atoms with van der Waals surface area (Å²) in [6.07, 6.45) is 0.226. The molecule has 1 heterocycles.